The second kappa shape index (κ2) is 7.18. The molecule has 6 nitrogen and oxygen atoms in total. The van der Waals surface area contributed by atoms with Gasteiger partial charge < -0.3 is 5.32 Å². The molecule has 0 radical (unpaired) electrons. The van der Waals surface area contributed by atoms with Crippen LogP contribution < -0.4 is 10.6 Å². The number of hydrogen-bond acceptors (Lipinski definition) is 5. The lowest BCUT2D eigenvalue weighted by Crippen LogP contribution is -2.19. The van der Waals surface area contributed by atoms with E-state index in [1.54, 1.807) is 12.4 Å². The Morgan fingerprint density at radius 1 is 1.08 bits per heavy atom. The maximum absolute atomic E-state index is 12.1. The van der Waals surface area contributed by atoms with Gasteiger partial charge in [-0.3, -0.25) is 10.3 Å². The van der Waals surface area contributed by atoms with Gasteiger partial charge >= 0.3 is 6.03 Å². The van der Waals surface area contributed by atoms with Crippen LogP contribution in [0.25, 0.3) is 10.6 Å². The minimum Gasteiger partial charge on any atom is -0.308 e. The van der Waals surface area contributed by atoms with Crippen LogP contribution >= 0.6 is 11.3 Å². The standard InChI is InChI=1S/C17H17N5OS/c1-11(2)13-4-3-5-14(10-13)19-16(23)20-17-22-21-15(24-17)12-6-8-18-9-7-12/h3-11H,1-2H3,(H2,19,20,22,23). The summed E-state index contributed by atoms with van der Waals surface area (Å²) in [6, 6.07) is 11.1. The van der Waals surface area contributed by atoms with Gasteiger partial charge in [0, 0.05) is 23.6 Å². The molecule has 122 valence electrons. The van der Waals surface area contributed by atoms with E-state index in [-0.39, 0.29) is 6.03 Å². The summed E-state index contributed by atoms with van der Waals surface area (Å²) in [5.74, 6) is 0.404. The normalized spacial score (nSPS) is 10.6. The summed E-state index contributed by atoms with van der Waals surface area (Å²) in [7, 11) is 0. The molecule has 0 spiro atoms. The average Bonchev–Trinajstić information content (AvgIpc) is 3.04. The Labute approximate surface area is 144 Å². The maximum atomic E-state index is 12.1. The van der Waals surface area contributed by atoms with Gasteiger partial charge in [-0.05, 0) is 35.7 Å². The highest BCUT2D eigenvalue weighted by molar-refractivity contribution is 7.18. The number of nitrogens with zero attached hydrogens (tertiary/aromatic N) is 3. The van der Waals surface area contributed by atoms with Crippen LogP contribution in [0.15, 0.2) is 48.8 Å². The van der Waals surface area contributed by atoms with Crippen molar-refractivity contribution in [2.45, 2.75) is 19.8 Å². The zero-order valence-electron chi connectivity index (χ0n) is 13.4. The Morgan fingerprint density at radius 2 is 1.88 bits per heavy atom. The molecule has 2 amide bonds. The minimum atomic E-state index is -0.340. The van der Waals surface area contributed by atoms with Gasteiger partial charge in [-0.15, -0.1) is 10.2 Å². The molecule has 2 N–H and O–H groups in total. The maximum Gasteiger partial charge on any atom is 0.325 e. The Morgan fingerprint density at radius 3 is 2.62 bits per heavy atom. The van der Waals surface area contributed by atoms with Crippen molar-refractivity contribution in [1.82, 2.24) is 15.2 Å². The number of amides is 2. The van der Waals surface area contributed by atoms with Gasteiger partial charge in [0.15, 0.2) is 0 Å². The van der Waals surface area contributed by atoms with Crippen LogP contribution in [0.3, 0.4) is 0 Å². The van der Waals surface area contributed by atoms with Crippen molar-refractivity contribution in [3.8, 4) is 10.6 Å². The minimum absolute atomic E-state index is 0.340. The molecule has 0 bridgehead atoms. The average molecular weight is 339 g/mol. The fraction of sp³-hybridized carbons (Fsp3) is 0.176. The summed E-state index contributed by atoms with van der Waals surface area (Å²) in [5, 5.41) is 14.8. The molecule has 0 aliphatic carbocycles. The first-order chi connectivity index (χ1) is 11.6. The molecule has 7 heteroatoms. The predicted molar refractivity (Wildman–Crippen MR) is 96.3 cm³/mol. The predicted octanol–water partition coefficient (Wildman–Crippen LogP) is 4.37. The van der Waals surface area contributed by atoms with E-state index >= 15 is 0 Å². The third-order valence-electron chi connectivity index (χ3n) is 3.38. The molecule has 0 saturated carbocycles. The third kappa shape index (κ3) is 3.94. The van der Waals surface area contributed by atoms with Crippen LogP contribution in [-0.4, -0.2) is 21.2 Å². The Kier molecular flexibility index (Phi) is 4.81. The summed E-state index contributed by atoms with van der Waals surface area (Å²) in [6.07, 6.45) is 3.39. The number of aromatic nitrogens is 3. The highest BCUT2D eigenvalue weighted by Crippen LogP contribution is 2.25. The number of hydrogen-bond donors (Lipinski definition) is 2. The van der Waals surface area contributed by atoms with Gasteiger partial charge in [-0.25, -0.2) is 4.79 Å². The van der Waals surface area contributed by atoms with Gasteiger partial charge in [-0.2, -0.15) is 0 Å². The number of benzene rings is 1. The summed E-state index contributed by atoms with van der Waals surface area (Å²) < 4.78 is 0. The van der Waals surface area contributed by atoms with E-state index in [9.17, 15) is 4.79 Å². The Bertz CT molecular complexity index is 832. The van der Waals surface area contributed by atoms with Crippen molar-refractivity contribution in [3.05, 3.63) is 54.4 Å². The van der Waals surface area contributed by atoms with Crippen molar-refractivity contribution in [3.63, 3.8) is 0 Å². The molecule has 1 aromatic carbocycles. The summed E-state index contributed by atoms with van der Waals surface area (Å²) in [5.41, 5.74) is 2.84. The van der Waals surface area contributed by atoms with Crippen molar-refractivity contribution in [2.75, 3.05) is 10.6 Å². The largest absolute Gasteiger partial charge is 0.325 e. The number of rotatable bonds is 4. The number of carbonyl (C=O) groups is 1. The van der Waals surface area contributed by atoms with Crippen LogP contribution in [0, 0.1) is 0 Å². The molecule has 0 unspecified atom stereocenters. The smallest absolute Gasteiger partial charge is 0.308 e. The summed E-state index contributed by atoms with van der Waals surface area (Å²) >= 11 is 1.31. The van der Waals surface area contributed by atoms with E-state index in [4.69, 9.17) is 0 Å². The second-order valence-electron chi connectivity index (χ2n) is 5.51. The van der Waals surface area contributed by atoms with E-state index in [2.05, 4.69) is 39.7 Å². The lowest BCUT2D eigenvalue weighted by Gasteiger charge is -2.09. The highest BCUT2D eigenvalue weighted by Gasteiger charge is 2.10. The van der Waals surface area contributed by atoms with Crippen molar-refractivity contribution in [1.29, 1.82) is 0 Å². The van der Waals surface area contributed by atoms with Gasteiger partial charge in [0.2, 0.25) is 5.13 Å². The monoisotopic (exact) mass is 339 g/mol. The fourth-order valence-electron chi connectivity index (χ4n) is 2.12. The molecule has 0 aliphatic heterocycles. The van der Waals surface area contributed by atoms with Crippen LogP contribution in [0.1, 0.15) is 25.3 Å². The molecule has 24 heavy (non-hydrogen) atoms. The number of anilines is 2. The van der Waals surface area contributed by atoms with E-state index in [1.807, 2.05) is 36.4 Å². The second-order valence-corrected chi connectivity index (χ2v) is 6.49. The van der Waals surface area contributed by atoms with Gasteiger partial charge in [-0.1, -0.05) is 37.3 Å². The quantitative estimate of drug-likeness (QED) is 0.740. The van der Waals surface area contributed by atoms with Gasteiger partial charge in [0.25, 0.3) is 0 Å². The van der Waals surface area contributed by atoms with E-state index in [0.717, 1.165) is 16.3 Å². The topological polar surface area (TPSA) is 79.8 Å². The van der Waals surface area contributed by atoms with Crippen LogP contribution in [0.4, 0.5) is 15.6 Å². The molecule has 3 aromatic rings. The first-order valence-corrected chi connectivity index (χ1v) is 8.35. The number of carbonyl (C=O) groups excluding carboxylic acids is 1. The van der Waals surface area contributed by atoms with E-state index in [1.165, 1.54) is 16.9 Å². The van der Waals surface area contributed by atoms with Gasteiger partial charge in [0.1, 0.15) is 5.01 Å². The number of urea groups is 1. The molecular formula is C17H17N5OS. The molecule has 2 aromatic heterocycles. The summed E-state index contributed by atoms with van der Waals surface area (Å²) in [6.45, 7) is 4.22. The third-order valence-corrected chi connectivity index (χ3v) is 4.27. The summed E-state index contributed by atoms with van der Waals surface area (Å²) in [4.78, 5) is 16.1. The van der Waals surface area contributed by atoms with E-state index < -0.39 is 0 Å². The SMILES string of the molecule is CC(C)c1cccc(NC(=O)Nc2nnc(-c3ccncc3)s2)c1. The van der Waals surface area contributed by atoms with Crippen molar-refractivity contribution >= 4 is 28.2 Å². The lowest BCUT2D eigenvalue weighted by atomic mass is 10.0. The van der Waals surface area contributed by atoms with Gasteiger partial charge in [0.05, 0.1) is 0 Å². The molecule has 0 fully saturated rings. The molecular weight excluding hydrogens is 322 g/mol. The van der Waals surface area contributed by atoms with Crippen LogP contribution in [0.5, 0.6) is 0 Å². The van der Waals surface area contributed by atoms with Crippen molar-refractivity contribution in [2.24, 2.45) is 0 Å². The van der Waals surface area contributed by atoms with Crippen LogP contribution in [-0.2, 0) is 0 Å². The molecule has 0 aliphatic rings. The lowest BCUT2D eigenvalue weighted by molar-refractivity contribution is 0.262. The molecule has 0 saturated heterocycles. The fourth-order valence-corrected chi connectivity index (χ4v) is 2.86. The number of nitrogens with one attached hydrogen (secondary N) is 2. The van der Waals surface area contributed by atoms with Crippen molar-refractivity contribution < 1.29 is 4.79 Å². The highest BCUT2D eigenvalue weighted by atomic mass is 32.1. The first-order valence-electron chi connectivity index (χ1n) is 7.53. The molecule has 0 atom stereocenters. The Hall–Kier alpha value is -2.80. The zero-order valence-corrected chi connectivity index (χ0v) is 14.2. The Balaban J connectivity index is 1.65. The number of pyridine rings is 1. The van der Waals surface area contributed by atoms with Crippen LogP contribution in [0.2, 0.25) is 0 Å². The molecule has 3 rings (SSSR count). The first kappa shape index (κ1) is 16.1. The van der Waals surface area contributed by atoms with E-state index in [0.29, 0.717) is 11.0 Å². The molecule has 2 heterocycles. The zero-order chi connectivity index (χ0) is 16.9.